The molecule has 3 nitrogen and oxygen atoms in total. The third-order valence-corrected chi connectivity index (χ3v) is 4.75. The Hall–Kier alpha value is -0.580. The highest BCUT2D eigenvalue weighted by Crippen LogP contribution is 2.40. The first kappa shape index (κ1) is 13.4. The van der Waals surface area contributed by atoms with Gasteiger partial charge in [0.15, 0.2) is 0 Å². The summed E-state index contributed by atoms with van der Waals surface area (Å²) in [4.78, 5) is 2.38. The van der Waals surface area contributed by atoms with Crippen LogP contribution in [0.4, 0.5) is 0 Å². The van der Waals surface area contributed by atoms with Crippen molar-refractivity contribution in [3.8, 4) is 5.75 Å². The molecule has 1 saturated heterocycles. The summed E-state index contributed by atoms with van der Waals surface area (Å²) in [5.74, 6) is 0.811. The molecule has 1 aromatic carbocycles. The van der Waals surface area contributed by atoms with Crippen molar-refractivity contribution in [1.29, 1.82) is 0 Å². The Morgan fingerprint density at radius 3 is 2.74 bits per heavy atom. The zero-order valence-corrected chi connectivity index (χ0v) is 12.8. The molecule has 0 saturated carbocycles. The molecule has 19 heavy (non-hydrogen) atoms. The number of aliphatic hydroxyl groups is 1. The van der Waals surface area contributed by atoms with Gasteiger partial charge in [-0.1, -0.05) is 6.42 Å². The van der Waals surface area contributed by atoms with Crippen LogP contribution in [0.15, 0.2) is 16.6 Å². The molecule has 1 aromatic rings. The molecule has 2 aliphatic heterocycles. The Bertz CT molecular complexity index is 471. The number of aliphatic hydroxyl groups excluding tert-OH is 1. The molecular formula is C15H20BrNO2. The van der Waals surface area contributed by atoms with Crippen molar-refractivity contribution in [3.05, 3.63) is 27.7 Å². The molecule has 0 aromatic heterocycles. The van der Waals surface area contributed by atoms with E-state index in [9.17, 15) is 5.11 Å². The first-order valence-electron chi connectivity index (χ1n) is 7.02. The maximum Gasteiger partial charge on any atom is 0.139 e. The fourth-order valence-corrected chi connectivity index (χ4v) is 3.85. The van der Waals surface area contributed by atoms with Gasteiger partial charge < -0.3 is 9.84 Å². The monoisotopic (exact) mass is 325 g/mol. The van der Waals surface area contributed by atoms with Gasteiger partial charge in [0.05, 0.1) is 10.5 Å². The number of rotatable bonds is 1. The normalized spacial score (nSPS) is 27.7. The topological polar surface area (TPSA) is 32.7 Å². The molecule has 0 aliphatic carbocycles. The van der Waals surface area contributed by atoms with E-state index in [-0.39, 0.29) is 6.04 Å². The van der Waals surface area contributed by atoms with E-state index < -0.39 is 6.10 Å². The van der Waals surface area contributed by atoms with E-state index in [1.165, 1.54) is 19.3 Å². The van der Waals surface area contributed by atoms with Crippen molar-refractivity contribution in [2.75, 3.05) is 19.7 Å². The maximum absolute atomic E-state index is 10.7. The Morgan fingerprint density at radius 2 is 2.00 bits per heavy atom. The Labute approximate surface area is 122 Å². The van der Waals surface area contributed by atoms with Crippen molar-refractivity contribution >= 4 is 15.9 Å². The number of likely N-dealkylation sites (tertiary alicyclic amines) is 1. The number of ether oxygens (including phenoxy) is 1. The number of aryl methyl sites for hydroxylation is 1. The van der Waals surface area contributed by atoms with Crippen LogP contribution in [-0.4, -0.2) is 35.7 Å². The van der Waals surface area contributed by atoms with E-state index in [4.69, 9.17) is 4.74 Å². The minimum Gasteiger partial charge on any atom is -0.490 e. The molecule has 0 radical (unpaired) electrons. The first-order chi connectivity index (χ1) is 9.16. The molecule has 3 rings (SSSR count). The number of fused-ring (bicyclic) bond motifs is 1. The highest BCUT2D eigenvalue weighted by molar-refractivity contribution is 9.10. The zero-order valence-electron chi connectivity index (χ0n) is 11.2. The first-order valence-corrected chi connectivity index (χ1v) is 7.81. The molecular weight excluding hydrogens is 306 g/mol. The zero-order chi connectivity index (χ0) is 13.4. The number of nitrogens with zero attached hydrogens (tertiary/aromatic N) is 1. The van der Waals surface area contributed by atoms with Gasteiger partial charge in [0, 0.05) is 5.56 Å². The summed E-state index contributed by atoms with van der Waals surface area (Å²) in [7, 11) is 0. The molecule has 1 fully saturated rings. The second-order valence-corrected chi connectivity index (χ2v) is 6.44. The molecule has 2 aliphatic rings. The van der Waals surface area contributed by atoms with E-state index in [2.05, 4.69) is 20.8 Å². The van der Waals surface area contributed by atoms with Crippen molar-refractivity contribution in [3.63, 3.8) is 0 Å². The Balaban J connectivity index is 1.88. The van der Waals surface area contributed by atoms with Gasteiger partial charge in [0.25, 0.3) is 0 Å². The quantitative estimate of drug-likeness (QED) is 0.861. The van der Waals surface area contributed by atoms with Crippen LogP contribution in [0.2, 0.25) is 0 Å². The van der Waals surface area contributed by atoms with Gasteiger partial charge in [-0.25, -0.2) is 0 Å². The van der Waals surface area contributed by atoms with Crippen LogP contribution >= 0.6 is 15.9 Å². The summed E-state index contributed by atoms with van der Waals surface area (Å²) >= 11 is 3.53. The lowest BCUT2D eigenvalue weighted by Crippen LogP contribution is -2.48. The molecule has 4 heteroatoms. The van der Waals surface area contributed by atoms with E-state index in [1.807, 2.05) is 19.1 Å². The summed E-state index contributed by atoms with van der Waals surface area (Å²) in [6.07, 6.45) is 3.32. The highest BCUT2D eigenvalue weighted by Gasteiger charge is 2.35. The molecule has 0 unspecified atom stereocenters. The lowest BCUT2D eigenvalue weighted by molar-refractivity contribution is -0.00469. The predicted octanol–water partition coefficient (Wildman–Crippen LogP) is 3.04. The van der Waals surface area contributed by atoms with Crippen LogP contribution in [0.25, 0.3) is 0 Å². The van der Waals surface area contributed by atoms with Crippen LogP contribution < -0.4 is 4.74 Å². The van der Waals surface area contributed by atoms with Gasteiger partial charge in [-0.15, -0.1) is 0 Å². The van der Waals surface area contributed by atoms with E-state index >= 15 is 0 Å². The average molecular weight is 326 g/mol. The van der Waals surface area contributed by atoms with Crippen molar-refractivity contribution < 1.29 is 9.84 Å². The molecule has 2 heterocycles. The standard InChI is InChI=1S/C15H20BrNO2/c1-10-7-11-14(18)13(17-5-3-2-4-6-17)9-19-15(11)12(16)8-10/h7-8,13-14,18H,2-6,9H2,1H3/t13-,14+/m0/s1. The number of benzene rings is 1. The SMILES string of the molecule is Cc1cc(Br)c2c(c1)[C@@H](O)[C@@H](N1CCCCC1)CO2. The van der Waals surface area contributed by atoms with Gasteiger partial charge in [-0.05, 0) is 66.5 Å². The molecule has 0 bridgehead atoms. The van der Waals surface area contributed by atoms with Gasteiger partial charge in [0.1, 0.15) is 18.5 Å². The second kappa shape index (κ2) is 5.43. The van der Waals surface area contributed by atoms with E-state index in [1.54, 1.807) is 0 Å². The fraction of sp³-hybridized carbons (Fsp3) is 0.600. The molecule has 0 amide bonds. The van der Waals surface area contributed by atoms with Crippen molar-refractivity contribution in [1.82, 2.24) is 4.90 Å². The summed E-state index contributed by atoms with van der Waals surface area (Å²) in [6, 6.07) is 4.18. The second-order valence-electron chi connectivity index (χ2n) is 5.58. The largest absolute Gasteiger partial charge is 0.490 e. The number of hydrogen-bond donors (Lipinski definition) is 1. The molecule has 0 spiro atoms. The van der Waals surface area contributed by atoms with Crippen LogP contribution in [-0.2, 0) is 0 Å². The number of hydrogen-bond acceptors (Lipinski definition) is 3. The maximum atomic E-state index is 10.7. The van der Waals surface area contributed by atoms with Crippen LogP contribution in [0, 0.1) is 6.92 Å². The Kier molecular flexibility index (Phi) is 3.83. The third kappa shape index (κ3) is 2.54. The van der Waals surface area contributed by atoms with Crippen molar-refractivity contribution in [2.45, 2.75) is 38.3 Å². The minimum absolute atomic E-state index is 0.0986. The van der Waals surface area contributed by atoms with Gasteiger partial charge >= 0.3 is 0 Å². The summed E-state index contributed by atoms with van der Waals surface area (Å²) < 4.78 is 6.84. The Morgan fingerprint density at radius 1 is 1.26 bits per heavy atom. The fourth-order valence-electron chi connectivity index (χ4n) is 3.15. The van der Waals surface area contributed by atoms with Gasteiger partial charge in [-0.2, -0.15) is 0 Å². The summed E-state index contributed by atoms with van der Waals surface area (Å²) in [5, 5.41) is 10.7. The lowest BCUT2D eigenvalue weighted by atomic mass is 9.95. The lowest BCUT2D eigenvalue weighted by Gasteiger charge is -2.40. The van der Waals surface area contributed by atoms with Crippen molar-refractivity contribution in [2.24, 2.45) is 0 Å². The summed E-state index contributed by atoms with van der Waals surface area (Å²) in [6.45, 7) is 4.78. The molecule has 1 N–H and O–H groups in total. The van der Waals surface area contributed by atoms with Crippen LogP contribution in [0.3, 0.4) is 0 Å². The third-order valence-electron chi connectivity index (χ3n) is 4.16. The van der Waals surface area contributed by atoms with E-state index in [0.717, 1.165) is 34.4 Å². The predicted molar refractivity (Wildman–Crippen MR) is 78.5 cm³/mol. The van der Waals surface area contributed by atoms with Gasteiger partial charge in [0.2, 0.25) is 0 Å². The van der Waals surface area contributed by atoms with E-state index in [0.29, 0.717) is 6.61 Å². The summed E-state index contributed by atoms with van der Waals surface area (Å²) in [5.41, 5.74) is 2.07. The van der Waals surface area contributed by atoms with Gasteiger partial charge in [-0.3, -0.25) is 4.90 Å². The van der Waals surface area contributed by atoms with Crippen LogP contribution in [0.1, 0.15) is 36.5 Å². The average Bonchev–Trinajstić information content (AvgIpc) is 2.41. The number of piperidine rings is 1. The van der Waals surface area contributed by atoms with Crippen LogP contribution in [0.5, 0.6) is 5.75 Å². The minimum atomic E-state index is -0.446. The highest BCUT2D eigenvalue weighted by atomic mass is 79.9. The molecule has 2 atom stereocenters. The molecule has 104 valence electrons. The number of halogens is 1. The smallest absolute Gasteiger partial charge is 0.139 e.